The van der Waals surface area contributed by atoms with Crippen LogP contribution in [0.25, 0.3) is 6.08 Å². The number of hydrogen-bond donors (Lipinski definition) is 1. The molecule has 3 rings (SSSR count). The topological polar surface area (TPSA) is 102 Å². The first-order valence-corrected chi connectivity index (χ1v) is 10.4. The van der Waals surface area contributed by atoms with Gasteiger partial charge in [0.15, 0.2) is 18.1 Å². The van der Waals surface area contributed by atoms with Gasteiger partial charge in [-0.25, -0.2) is 9.69 Å². The fraction of sp³-hybridized carbons (Fsp3) is 0.227. The van der Waals surface area contributed by atoms with Crippen LogP contribution in [0.3, 0.4) is 0 Å². The lowest BCUT2D eigenvalue weighted by atomic mass is 10.1. The maximum Gasteiger partial charge on any atom is 0.341 e. The van der Waals surface area contributed by atoms with Crippen LogP contribution in [0.2, 0.25) is 0 Å². The minimum Gasteiger partial charge on any atom is -0.494 e. The number of ether oxygens (including phenoxy) is 3. The molecule has 0 radical (unpaired) electrons. The SMILES string of the molecule is CCOc1ccc(N2C(=O)S/C(=C/c3ccc(OCC(=O)O)c(OCC)c3)C2=O)cc1. The summed E-state index contributed by atoms with van der Waals surface area (Å²) in [6.45, 7) is 4.03. The Hall–Kier alpha value is -3.46. The van der Waals surface area contributed by atoms with Crippen LogP contribution in [0.4, 0.5) is 10.5 Å². The van der Waals surface area contributed by atoms with Crippen molar-refractivity contribution in [2.24, 2.45) is 0 Å². The number of imide groups is 1. The van der Waals surface area contributed by atoms with E-state index in [4.69, 9.17) is 19.3 Å². The molecule has 1 N–H and O–H groups in total. The summed E-state index contributed by atoms with van der Waals surface area (Å²) in [5.41, 5.74) is 1.07. The Morgan fingerprint density at radius 2 is 1.71 bits per heavy atom. The first-order valence-electron chi connectivity index (χ1n) is 9.55. The molecule has 0 aromatic heterocycles. The number of rotatable bonds is 9. The summed E-state index contributed by atoms with van der Waals surface area (Å²) in [5, 5.41) is 8.40. The van der Waals surface area contributed by atoms with Gasteiger partial charge in [-0.05, 0) is 73.6 Å². The molecular formula is C22H21NO7S. The number of benzene rings is 2. The summed E-state index contributed by atoms with van der Waals surface area (Å²) in [6.07, 6.45) is 1.59. The number of anilines is 1. The number of hydrogen-bond acceptors (Lipinski definition) is 7. The van der Waals surface area contributed by atoms with E-state index in [0.717, 1.165) is 16.7 Å². The van der Waals surface area contributed by atoms with Crippen LogP contribution in [0, 0.1) is 0 Å². The number of carbonyl (C=O) groups is 3. The van der Waals surface area contributed by atoms with Crippen molar-refractivity contribution in [3.05, 3.63) is 52.9 Å². The van der Waals surface area contributed by atoms with Gasteiger partial charge in [0.2, 0.25) is 0 Å². The molecule has 9 heteroatoms. The average molecular weight is 443 g/mol. The van der Waals surface area contributed by atoms with Crippen molar-refractivity contribution in [2.45, 2.75) is 13.8 Å². The number of carboxylic acid groups (broad SMARTS) is 1. The van der Waals surface area contributed by atoms with Crippen LogP contribution in [0.5, 0.6) is 17.2 Å². The van der Waals surface area contributed by atoms with E-state index in [-0.39, 0.29) is 10.7 Å². The molecule has 2 amide bonds. The zero-order chi connectivity index (χ0) is 22.4. The molecule has 8 nitrogen and oxygen atoms in total. The molecule has 31 heavy (non-hydrogen) atoms. The van der Waals surface area contributed by atoms with E-state index in [0.29, 0.717) is 36.0 Å². The number of carboxylic acids is 1. The second-order valence-electron chi connectivity index (χ2n) is 6.27. The third kappa shape index (κ3) is 5.37. The summed E-state index contributed by atoms with van der Waals surface area (Å²) in [5.74, 6) is -0.243. The van der Waals surface area contributed by atoms with Gasteiger partial charge >= 0.3 is 5.97 Å². The van der Waals surface area contributed by atoms with Crippen molar-refractivity contribution < 1.29 is 33.7 Å². The molecule has 0 aliphatic carbocycles. The molecule has 0 saturated carbocycles. The minimum absolute atomic E-state index is 0.264. The Labute approximate surface area is 183 Å². The highest BCUT2D eigenvalue weighted by molar-refractivity contribution is 8.19. The summed E-state index contributed by atoms with van der Waals surface area (Å²) in [4.78, 5) is 37.4. The predicted molar refractivity (Wildman–Crippen MR) is 117 cm³/mol. The zero-order valence-corrected chi connectivity index (χ0v) is 17.8. The van der Waals surface area contributed by atoms with Crippen molar-refractivity contribution >= 4 is 40.6 Å². The Kier molecular flexibility index (Phi) is 7.19. The third-order valence-corrected chi connectivity index (χ3v) is 4.99. The van der Waals surface area contributed by atoms with Crippen LogP contribution < -0.4 is 19.1 Å². The average Bonchev–Trinajstić information content (AvgIpc) is 3.01. The van der Waals surface area contributed by atoms with Gasteiger partial charge in [-0.1, -0.05) is 6.07 Å². The van der Waals surface area contributed by atoms with E-state index in [2.05, 4.69) is 0 Å². The normalized spacial score (nSPS) is 14.8. The van der Waals surface area contributed by atoms with Crippen molar-refractivity contribution in [1.29, 1.82) is 0 Å². The van der Waals surface area contributed by atoms with Gasteiger partial charge in [0, 0.05) is 0 Å². The van der Waals surface area contributed by atoms with E-state index in [9.17, 15) is 14.4 Å². The van der Waals surface area contributed by atoms with Crippen LogP contribution in [0.1, 0.15) is 19.4 Å². The number of amides is 2. The molecule has 2 aromatic rings. The Morgan fingerprint density at radius 1 is 1.00 bits per heavy atom. The first-order chi connectivity index (χ1) is 14.9. The maximum atomic E-state index is 12.8. The van der Waals surface area contributed by atoms with E-state index in [1.165, 1.54) is 0 Å². The molecule has 1 aliphatic heterocycles. The van der Waals surface area contributed by atoms with E-state index in [1.807, 2.05) is 6.92 Å². The highest BCUT2D eigenvalue weighted by atomic mass is 32.2. The highest BCUT2D eigenvalue weighted by Crippen LogP contribution is 2.37. The molecule has 0 bridgehead atoms. The molecule has 0 atom stereocenters. The Bertz CT molecular complexity index is 1020. The summed E-state index contributed by atoms with van der Waals surface area (Å²) in [6, 6.07) is 11.6. The number of thioether (sulfide) groups is 1. The molecule has 162 valence electrons. The molecule has 1 fully saturated rings. The van der Waals surface area contributed by atoms with Gasteiger partial charge in [-0.15, -0.1) is 0 Å². The fourth-order valence-electron chi connectivity index (χ4n) is 2.84. The van der Waals surface area contributed by atoms with Gasteiger partial charge in [0.1, 0.15) is 5.75 Å². The van der Waals surface area contributed by atoms with E-state index >= 15 is 0 Å². The second kappa shape index (κ2) is 10.0. The molecule has 0 spiro atoms. The fourth-order valence-corrected chi connectivity index (χ4v) is 3.68. The van der Waals surface area contributed by atoms with Gasteiger partial charge in [0.05, 0.1) is 23.8 Å². The molecule has 1 saturated heterocycles. The van der Waals surface area contributed by atoms with Crippen LogP contribution in [-0.2, 0) is 9.59 Å². The van der Waals surface area contributed by atoms with Crippen LogP contribution in [0.15, 0.2) is 47.4 Å². The third-order valence-electron chi connectivity index (χ3n) is 4.12. The van der Waals surface area contributed by atoms with Crippen molar-refractivity contribution in [3.8, 4) is 17.2 Å². The molecule has 1 aliphatic rings. The Balaban J connectivity index is 1.83. The first kappa shape index (κ1) is 22.2. The van der Waals surface area contributed by atoms with Crippen molar-refractivity contribution in [2.75, 3.05) is 24.7 Å². The molecular weight excluding hydrogens is 422 g/mol. The summed E-state index contributed by atoms with van der Waals surface area (Å²) < 4.78 is 16.1. The summed E-state index contributed by atoms with van der Waals surface area (Å²) in [7, 11) is 0. The summed E-state index contributed by atoms with van der Waals surface area (Å²) >= 11 is 0.841. The number of nitrogens with zero attached hydrogens (tertiary/aromatic N) is 1. The monoisotopic (exact) mass is 443 g/mol. The molecule has 1 heterocycles. The van der Waals surface area contributed by atoms with Gasteiger partial charge in [-0.3, -0.25) is 9.59 Å². The molecule has 0 unspecified atom stereocenters. The van der Waals surface area contributed by atoms with Gasteiger partial charge in [0.25, 0.3) is 11.1 Å². The van der Waals surface area contributed by atoms with Gasteiger partial charge < -0.3 is 19.3 Å². The quantitative estimate of drug-likeness (QED) is 0.576. The minimum atomic E-state index is -1.10. The second-order valence-corrected chi connectivity index (χ2v) is 7.26. The van der Waals surface area contributed by atoms with Gasteiger partial charge in [-0.2, -0.15) is 0 Å². The van der Waals surface area contributed by atoms with E-state index < -0.39 is 23.7 Å². The lowest BCUT2D eigenvalue weighted by Gasteiger charge is -2.13. The van der Waals surface area contributed by atoms with Crippen molar-refractivity contribution in [3.63, 3.8) is 0 Å². The predicted octanol–water partition coefficient (Wildman–Crippen LogP) is 4.19. The maximum absolute atomic E-state index is 12.8. The standard InChI is InChI=1S/C22H21NO7S/c1-3-28-16-8-6-15(7-9-16)23-21(26)19(31-22(23)27)12-14-5-10-17(30-13-20(24)25)18(11-14)29-4-2/h5-12H,3-4,13H2,1-2H3,(H,24,25)/b19-12+. The number of carbonyl (C=O) groups excluding carboxylic acids is 2. The lowest BCUT2D eigenvalue weighted by Crippen LogP contribution is -2.27. The van der Waals surface area contributed by atoms with Crippen molar-refractivity contribution in [1.82, 2.24) is 0 Å². The van der Waals surface area contributed by atoms with Crippen LogP contribution in [-0.4, -0.2) is 42.0 Å². The Morgan fingerprint density at radius 3 is 2.35 bits per heavy atom. The zero-order valence-electron chi connectivity index (χ0n) is 17.0. The molecule has 2 aromatic carbocycles. The number of aliphatic carboxylic acids is 1. The van der Waals surface area contributed by atoms with E-state index in [1.54, 1.807) is 55.5 Å². The lowest BCUT2D eigenvalue weighted by molar-refractivity contribution is -0.139. The smallest absolute Gasteiger partial charge is 0.341 e. The largest absolute Gasteiger partial charge is 0.494 e. The highest BCUT2D eigenvalue weighted by Gasteiger charge is 2.36. The van der Waals surface area contributed by atoms with Crippen LogP contribution >= 0.6 is 11.8 Å².